The van der Waals surface area contributed by atoms with E-state index in [1.54, 1.807) is 6.07 Å². The predicted octanol–water partition coefficient (Wildman–Crippen LogP) is -2.49. The smallest absolute Gasteiger partial charge is 0.872 e. The third kappa shape index (κ3) is 2.60. The van der Waals surface area contributed by atoms with Crippen LogP contribution in [0, 0.1) is 22.7 Å². The van der Waals surface area contributed by atoms with E-state index in [2.05, 4.69) is 0 Å². The van der Waals surface area contributed by atoms with Gasteiger partial charge in [-0.05, 0) is 12.1 Å². The molecule has 0 fully saturated rings. The summed E-state index contributed by atoms with van der Waals surface area (Å²) >= 11 is 0. The third-order valence-electron chi connectivity index (χ3n) is 1.23. The van der Waals surface area contributed by atoms with Gasteiger partial charge in [0.05, 0.1) is 17.7 Å². The first-order valence-corrected chi connectivity index (χ1v) is 2.89. The molecule has 0 saturated heterocycles. The zero-order valence-electron chi connectivity index (χ0n) is 6.53. The molecular formula is C8H3KN2O. The minimum atomic E-state index is -0.341. The van der Waals surface area contributed by atoms with Gasteiger partial charge in [0.15, 0.2) is 0 Å². The Bertz CT molecular complexity index is 362. The first kappa shape index (κ1) is 11.6. The second-order valence-corrected chi connectivity index (χ2v) is 1.93. The average molecular weight is 182 g/mol. The molecule has 0 amide bonds. The van der Waals surface area contributed by atoms with Gasteiger partial charge in [-0.3, -0.25) is 0 Å². The predicted molar refractivity (Wildman–Crippen MR) is 35.3 cm³/mol. The summed E-state index contributed by atoms with van der Waals surface area (Å²) in [6.07, 6.45) is 0. The standard InChI is InChI=1S/C8H4N2O.K/c9-4-6-1-2-8(11)7(3-6)5-10;/h1-3,11H;/q;+1/p-1. The molecule has 4 heteroatoms. The van der Waals surface area contributed by atoms with Crippen LogP contribution >= 0.6 is 0 Å². The van der Waals surface area contributed by atoms with E-state index in [1.165, 1.54) is 18.2 Å². The minimum Gasteiger partial charge on any atom is -0.872 e. The third-order valence-corrected chi connectivity index (χ3v) is 1.23. The van der Waals surface area contributed by atoms with Crippen molar-refractivity contribution in [1.82, 2.24) is 0 Å². The topological polar surface area (TPSA) is 70.6 Å². The molecule has 0 atom stereocenters. The van der Waals surface area contributed by atoms with Crippen molar-refractivity contribution in [2.24, 2.45) is 0 Å². The first-order chi connectivity index (χ1) is 5.27. The molecule has 1 rings (SSSR count). The molecule has 1 aromatic rings. The van der Waals surface area contributed by atoms with E-state index in [-0.39, 0.29) is 62.7 Å². The monoisotopic (exact) mass is 182 g/mol. The summed E-state index contributed by atoms with van der Waals surface area (Å²) in [6, 6.07) is 7.44. The van der Waals surface area contributed by atoms with Crippen LogP contribution in [0.5, 0.6) is 5.75 Å². The maximum absolute atomic E-state index is 10.8. The van der Waals surface area contributed by atoms with Crippen LogP contribution in [-0.2, 0) is 0 Å². The maximum atomic E-state index is 10.8. The van der Waals surface area contributed by atoms with E-state index in [0.717, 1.165) is 0 Å². The maximum Gasteiger partial charge on any atom is 1.00 e. The molecule has 0 aliphatic heterocycles. The van der Waals surface area contributed by atoms with Crippen molar-refractivity contribution >= 4 is 0 Å². The first-order valence-electron chi connectivity index (χ1n) is 2.89. The van der Waals surface area contributed by atoms with Crippen LogP contribution in [0.4, 0.5) is 0 Å². The van der Waals surface area contributed by atoms with Gasteiger partial charge in [-0.15, -0.1) is 0 Å². The van der Waals surface area contributed by atoms with Gasteiger partial charge < -0.3 is 5.11 Å². The molecule has 0 saturated carbocycles. The summed E-state index contributed by atoms with van der Waals surface area (Å²) in [5.41, 5.74) is 0.352. The summed E-state index contributed by atoms with van der Waals surface area (Å²) in [7, 11) is 0. The molecule has 52 valence electrons. The van der Waals surface area contributed by atoms with Gasteiger partial charge in [-0.1, -0.05) is 11.8 Å². The molecule has 0 radical (unpaired) electrons. The largest absolute Gasteiger partial charge is 1.00 e. The summed E-state index contributed by atoms with van der Waals surface area (Å²) < 4.78 is 0. The van der Waals surface area contributed by atoms with Crippen LogP contribution in [0.15, 0.2) is 18.2 Å². The Morgan fingerprint density at radius 3 is 2.33 bits per heavy atom. The SMILES string of the molecule is N#Cc1ccc([O-])c(C#N)c1.[K+]. The molecule has 0 unspecified atom stereocenters. The molecule has 0 aliphatic rings. The van der Waals surface area contributed by atoms with Crippen LogP contribution < -0.4 is 56.5 Å². The summed E-state index contributed by atoms with van der Waals surface area (Å²) in [5, 5.41) is 27.6. The van der Waals surface area contributed by atoms with E-state index in [4.69, 9.17) is 10.5 Å². The van der Waals surface area contributed by atoms with Crippen LogP contribution in [0.3, 0.4) is 0 Å². The number of benzene rings is 1. The van der Waals surface area contributed by atoms with Crippen molar-refractivity contribution in [1.29, 1.82) is 10.5 Å². The van der Waals surface area contributed by atoms with Crippen molar-refractivity contribution in [2.75, 3.05) is 0 Å². The van der Waals surface area contributed by atoms with Crippen LogP contribution in [0.2, 0.25) is 0 Å². The number of nitrogens with zero attached hydrogens (tertiary/aromatic N) is 2. The molecule has 0 N–H and O–H groups in total. The van der Waals surface area contributed by atoms with Crippen molar-refractivity contribution in [3.63, 3.8) is 0 Å². The minimum absolute atomic E-state index is 0. The van der Waals surface area contributed by atoms with Crippen molar-refractivity contribution in [2.45, 2.75) is 0 Å². The van der Waals surface area contributed by atoms with Gasteiger partial charge in [0.1, 0.15) is 0 Å². The van der Waals surface area contributed by atoms with E-state index < -0.39 is 0 Å². The molecule has 0 aromatic heterocycles. The Kier molecular flexibility index (Phi) is 5.15. The molecule has 0 heterocycles. The number of nitriles is 2. The Morgan fingerprint density at radius 1 is 1.17 bits per heavy atom. The van der Waals surface area contributed by atoms with Crippen molar-refractivity contribution in [3.05, 3.63) is 29.3 Å². The van der Waals surface area contributed by atoms with Gasteiger partial charge >= 0.3 is 51.4 Å². The van der Waals surface area contributed by atoms with Gasteiger partial charge in [-0.25, -0.2) is 0 Å². The Morgan fingerprint density at radius 2 is 1.83 bits per heavy atom. The van der Waals surface area contributed by atoms with Crippen LogP contribution in [0.1, 0.15) is 11.1 Å². The Labute approximate surface area is 113 Å². The molecule has 1 aromatic carbocycles. The normalized spacial score (nSPS) is 7.50. The molecule has 0 bridgehead atoms. The summed E-state index contributed by atoms with van der Waals surface area (Å²) in [5.74, 6) is -0.341. The van der Waals surface area contributed by atoms with Crippen LogP contribution in [-0.4, -0.2) is 0 Å². The van der Waals surface area contributed by atoms with Gasteiger partial charge in [-0.2, -0.15) is 10.5 Å². The molecule has 12 heavy (non-hydrogen) atoms. The van der Waals surface area contributed by atoms with Gasteiger partial charge in [0, 0.05) is 5.56 Å². The zero-order chi connectivity index (χ0) is 8.27. The molecule has 0 aliphatic carbocycles. The van der Waals surface area contributed by atoms with Gasteiger partial charge in [0.25, 0.3) is 0 Å². The summed E-state index contributed by atoms with van der Waals surface area (Å²) in [6.45, 7) is 0. The number of hydrogen-bond acceptors (Lipinski definition) is 3. The van der Waals surface area contributed by atoms with Gasteiger partial charge in [0.2, 0.25) is 0 Å². The van der Waals surface area contributed by atoms with Crippen molar-refractivity contribution in [3.8, 4) is 17.9 Å². The summed E-state index contributed by atoms with van der Waals surface area (Å²) in [4.78, 5) is 0. The number of hydrogen-bond donors (Lipinski definition) is 0. The van der Waals surface area contributed by atoms with E-state index >= 15 is 0 Å². The Balaban J connectivity index is 0.00000121. The second-order valence-electron chi connectivity index (χ2n) is 1.93. The molecule has 0 spiro atoms. The molecule has 3 nitrogen and oxygen atoms in total. The van der Waals surface area contributed by atoms with E-state index in [1.807, 2.05) is 6.07 Å². The zero-order valence-corrected chi connectivity index (χ0v) is 9.66. The van der Waals surface area contributed by atoms with Crippen molar-refractivity contribution < 1.29 is 56.5 Å². The number of rotatable bonds is 0. The fraction of sp³-hybridized carbons (Fsp3) is 0. The Hall–Kier alpha value is -0.364. The second kappa shape index (κ2) is 5.31. The van der Waals surface area contributed by atoms with E-state index in [9.17, 15) is 5.11 Å². The average Bonchev–Trinajstić information content (AvgIpc) is 2.05. The van der Waals surface area contributed by atoms with Crippen LogP contribution in [0.25, 0.3) is 0 Å². The fourth-order valence-corrected chi connectivity index (χ4v) is 0.687. The fourth-order valence-electron chi connectivity index (χ4n) is 0.687. The van der Waals surface area contributed by atoms with E-state index in [0.29, 0.717) is 5.56 Å². The quantitative estimate of drug-likeness (QED) is 0.417. The molecular weight excluding hydrogens is 179 g/mol.